The normalized spacial score (nSPS) is 13.5. The highest BCUT2D eigenvalue weighted by Gasteiger charge is 2.11. The fourth-order valence-corrected chi connectivity index (χ4v) is 1.64. The maximum Gasteiger partial charge on any atom is 0.137 e. The minimum absolute atomic E-state index is 0.181. The first-order valence-corrected chi connectivity index (χ1v) is 6.13. The predicted octanol–water partition coefficient (Wildman–Crippen LogP) is 2.66. The molecule has 0 saturated heterocycles. The minimum Gasteiger partial charge on any atom is -0.495 e. The number of ether oxygens (including phenoxy) is 1. The zero-order valence-electron chi connectivity index (χ0n) is 11.6. The summed E-state index contributed by atoms with van der Waals surface area (Å²) >= 11 is 0. The lowest BCUT2D eigenvalue weighted by Gasteiger charge is -2.23. The van der Waals surface area contributed by atoms with E-state index >= 15 is 0 Å². The summed E-state index contributed by atoms with van der Waals surface area (Å²) in [6.45, 7) is 9.82. The number of hydrogen-bond acceptors (Lipinski definition) is 3. The van der Waals surface area contributed by atoms with Gasteiger partial charge in [-0.1, -0.05) is 6.92 Å². The Morgan fingerprint density at radius 1 is 1.35 bits per heavy atom. The SMILES string of the molecule is COc1cncc(CC(C)CNC(C)(C)C)c1. The lowest BCUT2D eigenvalue weighted by atomic mass is 10.0. The van der Waals surface area contributed by atoms with E-state index in [-0.39, 0.29) is 5.54 Å². The molecule has 0 bridgehead atoms. The number of pyridine rings is 1. The van der Waals surface area contributed by atoms with Gasteiger partial charge in [0.05, 0.1) is 13.3 Å². The van der Waals surface area contributed by atoms with Gasteiger partial charge in [0.15, 0.2) is 0 Å². The van der Waals surface area contributed by atoms with E-state index in [0.29, 0.717) is 5.92 Å². The number of nitrogens with zero attached hydrogens (tertiary/aromatic N) is 1. The first-order valence-electron chi connectivity index (χ1n) is 6.13. The summed E-state index contributed by atoms with van der Waals surface area (Å²) in [6, 6.07) is 2.06. The summed E-state index contributed by atoms with van der Waals surface area (Å²) in [4.78, 5) is 4.17. The summed E-state index contributed by atoms with van der Waals surface area (Å²) in [7, 11) is 1.67. The van der Waals surface area contributed by atoms with Crippen LogP contribution >= 0.6 is 0 Å². The molecule has 0 fully saturated rings. The van der Waals surface area contributed by atoms with Crippen LogP contribution in [0, 0.1) is 5.92 Å². The number of aromatic nitrogens is 1. The highest BCUT2D eigenvalue weighted by atomic mass is 16.5. The van der Waals surface area contributed by atoms with Gasteiger partial charge < -0.3 is 10.1 Å². The molecule has 1 aromatic heterocycles. The molecule has 0 aliphatic carbocycles. The van der Waals surface area contributed by atoms with E-state index < -0.39 is 0 Å². The molecule has 0 aromatic carbocycles. The molecule has 0 spiro atoms. The molecule has 1 heterocycles. The van der Waals surface area contributed by atoms with Crippen molar-refractivity contribution in [3.8, 4) is 5.75 Å². The van der Waals surface area contributed by atoms with Gasteiger partial charge in [0, 0.05) is 11.7 Å². The Morgan fingerprint density at radius 3 is 2.65 bits per heavy atom. The first kappa shape index (κ1) is 14.0. The van der Waals surface area contributed by atoms with Gasteiger partial charge in [0.2, 0.25) is 0 Å². The van der Waals surface area contributed by atoms with Gasteiger partial charge in [-0.05, 0) is 51.3 Å². The van der Waals surface area contributed by atoms with Gasteiger partial charge in [0.1, 0.15) is 5.75 Å². The van der Waals surface area contributed by atoms with E-state index in [0.717, 1.165) is 18.7 Å². The van der Waals surface area contributed by atoms with Crippen molar-refractivity contribution in [2.24, 2.45) is 5.92 Å². The molecule has 1 atom stereocenters. The second-order valence-electron chi connectivity index (χ2n) is 5.67. The highest BCUT2D eigenvalue weighted by Crippen LogP contribution is 2.14. The topological polar surface area (TPSA) is 34.1 Å². The van der Waals surface area contributed by atoms with Crippen LogP contribution in [0.4, 0.5) is 0 Å². The average molecular weight is 236 g/mol. The van der Waals surface area contributed by atoms with Gasteiger partial charge in [-0.3, -0.25) is 4.98 Å². The van der Waals surface area contributed by atoms with Crippen molar-refractivity contribution in [1.82, 2.24) is 10.3 Å². The van der Waals surface area contributed by atoms with Crippen molar-refractivity contribution >= 4 is 0 Å². The zero-order valence-corrected chi connectivity index (χ0v) is 11.6. The summed E-state index contributed by atoms with van der Waals surface area (Å²) in [5.41, 5.74) is 1.41. The molecule has 0 radical (unpaired) electrons. The molecule has 17 heavy (non-hydrogen) atoms. The van der Waals surface area contributed by atoms with Gasteiger partial charge in [-0.25, -0.2) is 0 Å². The lowest BCUT2D eigenvalue weighted by molar-refractivity contribution is 0.380. The maximum absolute atomic E-state index is 5.17. The molecule has 0 aliphatic rings. The summed E-state index contributed by atoms with van der Waals surface area (Å²) in [5.74, 6) is 1.42. The van der Waals surface area contributed by atoms with E-state index in [9.17, 15) is 0 Å². The predicted molar refractivity (Wildman–Crippen MR) is 71.4 cm³/mol. The fourth-order valence-electron chi connectivity index (χ4n) is 1.64. The summed E-state index contributed by atoms with van der Waals surface area (Å²) in [5, 5.41) is 3.52. The second kappa shape index (κ2) is 6.01. The van der Waals surface area contributed by atoms with E-state index in [4.69, 9.17) is 4.74 Å². The fraction of sp³-hybridized carbons (Fsp3) is 0.643. The Balaban J connectivity index is 2.47. The molecule has 1 N–H and O–H groups in total. The standard InChI is InChI=1S/C14H24N2O/c1-11(8-16-14(2,3)4)6-12-7-13(17-5)10-15-9-12/h7,9-11,16H,6,8H2,1-5H3. The molecule has 3 heteroatoms. The molecular weight excluding hydrogens is 212 g/mol. The van der Waals surface area contributed by atoms with Crippen LogP contribution in [0.15, 0.2) is 18.5 Å². The van der Waals surface area contributed by atoms with Gasteiger partial charge in [-0.15, -0.1) is 0 Å². The van der Waals surface area contributed by atoms with E-state index in [2.05, 4.69) is 44.1 Å². The minimum atomic E-state index is 0.181. The Bertz CT molecular complexity index is 344. The zero-order chi connectivity index (χ0) is 12.9. The Labute approximate surface area is 105 Å². The third-order valence-corrected chi connectivity index (χ3v) is 2.57. The molecule has 3 nitrogen and oxygen atoms in total. The van der Waals surface area contributed by atoms with Crippen LogP contribution in [-0.4, -0.2) is 24.2 Å². The van der Waals surface area contributed by atoms with Gasteiger partial charge >= 0.3 is 0 Å². The second-order valence-corrected chi connectivity index (χ2v) is 5.67. The molecule has 0 amide bonds. The van der Waals surface area contributed by atoms with Crippen molar-refractivity contribution in [2.45, 2.75) is 39.7 Å². The van der Waals surface area contributed by atoms with Crippen LogP contribution in [0.25, 0.3) is 0 Å². The largest absolute Gasteiger partial charge is 0.495 e. The number of methoxy groups -OCH3 is 1. The smallest absolute Gasteiger partial charge is 0.137 e. The Morgan fingerprint density at radius 2 is 2.06 bits per heavy atom. The molecule has 1 unspecified atom stereocenters. The van der Waals surface area contributed by atoms with Crippen molar-refractivity contribution in [3.63, 3.8) is 0 Å². The molecular formula is C14H24N2O. The van der Waals surface area contributed by atoms with Crippen LogP contribution in [0.5, 0.6) is 5.75 Å². The van der Waals surface area contributed by atoms with E-state index in [1.165, 1.54) is 5.56 Å². The number of rotatable bonds is 5. The Hall–Kier alpha value is -1.09. The summed E-state index contributed by atoms with van der Waals surface area (Å²) in [6.07, 6.45) is 4.67. The van der Waals surface area contributed by atoms with Crippen LogP contribution in [0.1, 0.15) is 33.3 Å². The van der Waals surface area contributed by atoms with E-state index in [1.54, 1.807) is 13.3 Å². The number of hydrogen-bond donors (Lipinski definition) is 1. The third kappa shape index (κ3) is 5.68. The van der Waals surface area contributed by atoms with Crippen LogP contribution in [-0.2, 0) is 6.42 Å². The van der Waals surface area contributed by atoms with Crippen molar-refractivity contribution < 1.29 is 4.74 Å². The molecule has 96 valence electrons. The molecule has 1 aromatic rings. The quantitative estimate of drug-likeness (QED) is 0.853. The lowest BCUT2D eigenvalue weighted by Crippen LogP contribution is -2.39. The van der Waals surface area contributed by atoms with Gasteiger partial charge in [0.25, 0.3) is 0 Å². The van der Waals surface area contributed by atoms with Crippen LogP contribution in [0.3, 0.4) is 0 Å². The van der Waals surface area contributed by atoms with Crippen LogP contribution in [0.2, 0.25) is 0 Å². The molecule has 1 rings (SSSR count). The van der Waals surface area contributed by atoms with Crippen molar-refractivity contribution in [1.29, 1.82) is 0 Å². The van der Waals surface area contributed by atoms with Crippen molar-refractivity contribution in [2.75, 3.05) is 13.7 Å². The first-order chi connectivity index (χ1) is 7.90. The van der Waals surface area contributed by atoms with Crippen molar-refractivity contribution in [3.05, 3.63) is 24.0 Å². The monoisotopic (exact) mass is 236 g/mol. The number of nitrogens with one attached hydrogen (secondary N) is 1. The summed E-state index contributed by atoms with van der Waals surface area (Å²) < 4.78 is 5.17. The van der Waals surface area contributed by atoms with Gasteiger partial charge in [-0.2, -0.15) is 0 Å². The molecule has 0 saturated carbocycles. The maximum atomic E-state index is 5.17. The van der Waals surface area contributed by atoms with E-state index in [1.807, 2.05) is 6.20 Å². The Kier molecular flexibility index (Phi) is 4.94. The highest BCUT2D eigenvalue weighted by molar-refractivity contribution is 5.23. The average Bonchev–Trinajstić information content (AvgIpc) is 2.26. The third-order valence-electron chi connectivity index (χ3n) is 2.57. The van der Waals surface area contributed by atoms with Crippen LogP contribution < -0.4 is 10.1 Å². The molecule has 0 aliphatic heterocycles.